The number of amides is 1. The Morgan fingerprint density at radius 1 is 0.938 bits per heavy atom. The molecule has 0 unspecified atom stereocenters. The van der Waals surface area contributed by atoms with Crippen molar-refractivity contribution in [1.82, 2.24) is 14.7 Å². The van der Waals surface area contributed by atoms with Crippen LogP contribution < -0.4 is 4.74 Å². The molecule has 2 heterocycles. The van der Waals surface area contributed by atoms with Crippen molar-refractivity contribution in [2.24, 2.45) is 0 Å². The van der Waals surface area contributed by atoms with Crippen LogP contribution in [0.1, 0.15) is 27.2 Å². The molecule has 0 bridgehead atoms. The summed E-state index contributed by atoms with van der Waals surface area (Å²) in [5.74, 6) is 0.745. The molecule has 32 heavy (non-hydrogen) atoms. The van der Waals surface area contributed by atoms with Crippen LogP contribution in [-0.4, -0.2) is 34.2 Å². The third kappa shape index (κ3) is 3.78. The van der Waals surface area contributed by atoms with Gasteiger partial charge in [-0.1, -0.05) is 54.1 Å². The molecule has 1 aromatic heterocycles. The van der Waals surface area contributed by atoms with E-state index in [9.17, 15) is 4.79 Å². The van der Waals surface area contributed by atoms with Gasteiger partial charge in [-0.15, -0.1) is 0 Å². The van der Waals surface area contributed by atoms with Crippen molar-refractivity contribution in [3.05, 3.63) is 101 Å². The number of aryl methyl sites for hydroxylation is 1. The monoisotopic (exact) mass is 423 g/mol. The third-order valence-electron chi connectivity index (χ3n) is 5.99. The van der Waals surface area contributed by atoms with E-state index < -0.39 is 0 Å². The first-order chi connectivity index (χ1) is 15.6. The Bertz CT molecular complexity index is 1270. The molecule has 0 atom stereocenters. The van der Waals surface area contributed by atoms with Crippen LogP contribution in [0.3, 0.4) is 0 Å². The van der Waals surface area contributed by atoms with E-state index in [1.165, 1.54) is 11.1 Å². The minimum Gasteiger partial charge on any atom is -0.497 e. The van der Waals surface area contributed by atoms with Crippen molar-refractivity contribution in [3.63, 3.8) is 0 Å². The summed E-state index contributed by atoms with van der Waals surface area (Å²) in [7, 11) is 1.65. The molecule has 1 aliphatic heterocycles. The highest BCUT2D eigenvalue weighted by Crippen LogP contribution is 2.27. The van der Waals surface area contributed by atoms with Crippen LogP contribution in [0.4, 0.5) is 0 Å². The Labute approximate surface area is 187 Å². The van der Waals surface area contributed by atoms with E-state index in [0.29, 0.717) is 18.8 Å². The van der Waals surface area contributed by atoms with E-state index in [-0.39, 0.29) is 5.91 Å². The maximum atomic E-state index is 13.7. The molecule has 0 spiro atoms. The summed E-state index contributed by atoms with van der Waals surface area (Å²) in [6, 6.07) is 26.1. The normalized spacial score (nSPS) is 13.0. The number of rotatable bonds is 4. The lowest BCUT2D eigenvalue weighted by atomic mass is 9.99. The quantitative estimate of drug-likeness (QED) is 0.461. The maximum absolute atomic E-state index is 13.7. The van der Waals surface area contributed by atoms with Crippen LogP contribution in [0.25, 0.3) is 16.9 Å². The number of hydrogen-bond donors (Lipinski definition) is 0. The number of carbonyl (C=O) groups excluding carboxylic acids is 1. The molecule has 5 rings (SSSR count). The molecule has 5 heteroatoms. The molecule has 0 radical (unpaired) electrons. The zero-order chi connectivity index (χ0) is 22.1. The van der Waals surface area contributed by atoms with E-state index >= 15 is 0 Å². The highest BCUT2D eigenvalue weighted by Gasteiger charge is 2.26. The van der Waals surface area contributed by atoms with Crippen molar-refractivity contribution in [2.75, 3.05) is 13.7 Å². The first-order valence-electron chi connectivity index (χ1n) is 10.8. The molecule has 1 amide bonds. The average Bonchev–Trinajstić information content (AvgIpc) is 3.29. The topological polar surface area (TPSA) is 47.4 Å². The molecule has 0 N–H and O–H groups in total. The lowest BCUT2D eigenvalue weighted by molar-refractivity contribution is 0.0725. The number of nitrogens with zero attached hydrogens (tertiary/aromatic N) is 3. The van der Waals surface area contributed by atoms with Crippen LogP contribution >= 0.6 is 0 Å². The van der Waals surface area contributed by atoms with Crippen LogP contribution in [0.15, 0.2) is 78.9 Å². The lowest BCUT2D eigenvalue weighted by Crippen LogP contribution is -2.37. The Hall–Kier alpha value is -3.86. The molecular formula is C27H25N3O2. The van der Waals surface area contributed by atoms with Crippen LogP contribution in [0.5, 0.6) is 5.75 Å². The molecule has 0 saturated heterocycles. The number of benzene rings is 3. The summed E-state index contributed by atoms with van der Waals surface area (Å²) in [5.41, 5.74) is 6.77. The minimum atomic E-state index is -0.0123. The van der Waals surface area contributed by atoms with Gasteiger partial charge in [-0.25, -0.2) is 4.68 Å². The smallest absolute Gasteiger partial charge is 0.272 e. The summed E-state index contributed by atoms with van der Waals surface area (Å²) in [6.45, 7) is 3.36. The molecule has 0 fully saturated rings. The molecule has 1 aliphatic rings. The van der Waals surface area contributed by atoms with Gasteiger partial charge in [0.05, 0.1) is 18.5 Å². The summed E-state index contributed by atoms with van der Waals surface area (Å²) in [5, 5.41) is 4.83. The number of hydrogen-bond acceptors (Lipinski definition) is 3. The number of carbonyl (C=O) groups is 1. The van der Waals surface area contributed by atoms with Gasteiger partial charge in [-0.05, 0) is 54.8 Å². The van der Waals surface area contributed by atoms with Crippen molar-refractivity contribution < 1.29 is 9.53 Å². The summed E-state index contributed by atoms with van der Waals surface area (Å²) in [6.07, 6.45) is 0.864. The number of fused-ring (bicyclic) bond motifs is 1. The number of ether oxygens (including phenoxy) is 1. The fourth-order valence-electron chi connectivity index (χ4n) is 4.17. The predicted molar refractivity (Wildman–Crippen MR) is 125 cm³/mol. The van der Waals surface area contributed by atoms with E-state index in [1.54, 1.807) is 11.8 Å². The zero-order valence-corrected chi connectivity index (χ0v) is 18.3. The van der Waals surface area contributed by atoms with Gasteiger partial charge in [0.15, 0.2) is 0 Å². The van der Waals surface area contributed by atoms with Gasteiger partial charge in [-0.3, -0.25) is 4.79 Å². The SMILES string of the molecule is COc1cccc(-c2cc(C(=O)N3CCc4ccccc4C3)n(-c3ccc(C)cc3)n2)c1. The first kappa shape index (κ1) is 20.1. The van der Waals surface area contributed by atoms with E-state index in [0.717, 1.165) is 34.7 Å². The van der Waals surface area contributed by atoms with Gasteiger partial charge < -0.3 is 9.64 Å². The Balaban J connectivity index is 1.56. The minimum absolute atomic E-state index is 0.0123. The van der Waals surface area contributed by atoms with Gasteiger partial charge in [0, 0.05) is 18.7 Å². The second kappa shape index (κ2) is 8.35. The zero-order valence-electron chi connectivity index (χ0n) is 18.3. The summed E-state index contributed by atoms with van der Waals surface area (Å²) < 4.78 is 7.14. The van der Waals surface area contributed by atoms with Crippen LogP contribution in [-0.2, 0) is 13.0 Å². The molecule has 4 aromatic rings. The Morgan fingerprint density at radius 2 is 1.72 bits per heavy atom. The third-order valence-corrected chi connectivity index (χ3v) is 5.99. The van der Waals surface area contributed by atoms with Crippen LogP contribution in [0.2, 0.25) is 0 Å². The highest BCUT2D eigenvalue weighted by atomic mass is 16.5. The first-order valence-corrected chi connectivity index (χ1v) is 10.8. The van der Waals surface area contributed by atoms with Crippen molar-refractivity contribution in [2.45, 2.75) is 19.9 Å². The van der Waals surface area contributed by atoms with Crippen molar-refractivity contribution >= 4 is 5.91 Å². The fourth-order valence-corrected chi connectivity index (χ4v) is 4.17. The molecular weight excluding hydrogens is 398 g/mol. The second-order valence-corrected chi connectivity index (χ2v) is 8.14. The largest absolute Gasteiger partial charge is 0.497 e. The average molecular weight is 424 g/mol. The van der Waals surface area contributed by atoms with Gasteiger partial charge in [0.1, 0.15) is 11.4 Å². The Kier molecular flexibility index (Phi) is 5.23. The molecule has 5 nitrogen and oxygen atoms in total. The summed E-state index contributed by atoms with van der Waals surface area (Å²) in [4.78, 5) is 15.6. The van der Waals surface area contributed by atoms with Gasteiger partial charge >= 0.3 is 0 Å². The van der Waals surface area contributed by atoms with Crippen molar-refractivity contribution in [3.8, 4) is 22.7 Å². The molecule has 160 valence electrons. The fraction of sp³-hybridized carbons (Fsp3) is 0.185. The van der Waals surface area contributed by atoms with E-state index in [1.807, 2.05) is 72.5 Å². The summed E-state index contributed by atoms with van der Waals surface area (Å²) >= 11 is 0. The second-order valence-electron chi connectivity index (χ2n) is 8.14. The molecule has 3 aromatic carbocycles. The van der Waals surface area contributed by atoms with Gasteiger partial charge in [0.2, 0.25) is 0 Å². The molecule has 0 saturated carbocycles. The van der Waals surface area contributed by atoms with E-state index in [2.05, 4.69) is 18.2 Å². The maximum Gasteiger partial charge on any atom is 0.272 e. The number of methoxy groups -OCH3 is 1. The number of aromatic nitrogens is 2. The molecule has 0 aliphatic carbocycles. The van der Waals surface area contributed by atoms with Gasteiger partial charge in [0.25, 0.3) is 5.91 Å². The van der Waals surface area contributed by atoms with Crippen molar-refractivity contribution in [1.29, 1.82) is 0 Å². The standard InChI is InChI=1S/C27H25N3O2/c1-19-10-12-23(13-11-19)30-26(17-25(28-30)21-8-5-9-24(16-21)32-2)27(31)29-15-14-20-6-3-4-7-22(20)18-29/h3-13,16-17H,14-15,18H2,1-2H3. The van der Waals surface area contributed by atoms with Gasteiger partial charge in [-0.2, -0.15) is 5.10 Å². The highest BCUT2D eigenvalue weighted by molar-refractivity contribution is 5.94. The van der Waals surface area contributed by atoms with Crippen LogP contribution in [0, 0.1) is 6.92 Å². The Morgan fingerprint density at radius 3 is 2.50 bits per heavy atom. The predicted octanol–water partition coefficient (Wildman–Crippen LogP) is 5.05. The van der Waals surface area contributed by atoms with E-state index in [4.69, 9.17) is 9.84 Å². The lowest BCUT2D eigenvalue weighted by Gasteiger charge is -2.29.